The van der Waals surface area contributed by atoms with Crippen LogP contribution < -0.4 is 10.1 Å². The van der Waals surface area contributed by atoms with E-state index in [4.69, 9.17) is 16.3 Å². The molecule has 1 saturated heterocycles. The van der Waals surface area contributed by atoms with Gasteiger partial charge in [-0.1, -0.05) is 36.4 Å². The number of hydrogen-bond donors (Lipinski definition) is 1. The zero-order valence-electron chi connectivity index (χ0n) is 14.5. The third-order valence-electron chi connectivity index (χ3n) is 3.89. The van der Waals surface area contributed by atoms with Gasteiger partial charge in [-0.05, 0) is 86.7 Å². The van der Waals surface area contributed by atoms with Gasteiger partial charge in [0.25, 0.3) is 5.91 Å². The fourth-order valence-electron chi connectivity index (χ4n) is 2.60. The van der Waals surface area contributed by atoms with Gasteiger partial charge in [-0.15, -0.1) is 0 Å². The van der Waals surface area contributed by atoms with Gasteiger partial charge in [0, 0.05) is 5.02 Å². The number of amides is 3. The highest BCUT2D eigenvalue weighted by molar-refractivity contribution is 14.1. The molecule has 0 unspecified atom stereocenters. The molecule has 1 N–H and O–H groups in total. The maximum atomic E-state index is 12.7. The van der Waals surface area contributed by atoms with Gasteiger partial charge in [0.2, 0.25) is 0 Å². The minimum absolute atomic E-state index is 0.183. The lowest BCUT2D eigenvalue weighted by atomic mass is 10.1. The van der Waals surface area contributed by atoms with Crippen LogP contribution in [0, 0.1) is 7.14 Å². The summed E-state index contributed by atoms with van der Waals surface area (Å²) in [5, 5.41) is 3.25. The highest BCUT2D eigenvalue weighted by Gasteiger charge is 2.33. The maximum Gasteiger partial charge on any atom is 0.329 e. The number of halogens is 3. The second-order valence-electron chi connectivity index (χ2n) is 5.92. The first kappa shape index (κ1) is 21.1. The van der Waals surface area contributed by atoms with Gasteiger partial charge in [0.1, 0.15) is 18.1 Å². The molecule has 1 aliphatic rings. The SMILES string of the molecule is C=CCOc1c(I)cc(/C=C2\NC(=O)N(Cc3ccc(Cl)cc3)C2=O)cc1I. The molecule has 1 heterocycles. The highest BCUT2D eigenvalue weighted by atomic mass is 127. The summed E-state index contributed by atoms with van der Waals surface area (Å²) in [5.74, 6) is 0.409. The van der Waals surface area contributed by atoms with E-state index in [-0.39, 0.29) is 18.1 Å². The number of carbonyl (C=O) groups is 2. The fraction of sp³-hybridized carbons (Fsp3) is 0.100. The van der Waals surface area contributed by atoms with Crippen LogP contribution in [-0.4, -0.2) is 23.4 Å². The van der Waals surface area contributed by atoms with Crippen molar-refractivity contribution in [2.75, 3.05) is 6.61 Å². The molecule has 1 fully saturated rings. The molecule has 0 atom stereocenters. The molecule has 0 aliphatic carbocycles. The fourth-order valence-corrected chi connectivity index (χ4v) is 4.85. The Morgan fingerprint density at radius 1 is 1.14 bits per heavy atom. The molecule has 0 saturated carbocycles. The van der Waals surface area contributed by atoms with Crippen LogP contribution in [0.4, 0.5) is 4.79 Å². The summed E-state index contributed by atoms with van der Waals surface area (Å²) in [6.45, 7) is 4.25. The lowest BCUT2D eigenvalue weighted by Gasteiger charge is -2.12. The molecule has 5 nitrogen and oxygen atoms in total. The average molecular weight is 621 g/mol. The van der Waals surface area contributed by atoms with Crippen molar-refractivity contribution in [3.63, 3.8) is 0 Å². The van der Waals surface area contributed by atoms with Crippen LogP contribution in [0.5, 0.6) is 5.75 Å². The van der Waals surface area contributed by atoms with E-state index in [1.807, 2.05) is 12.1 Å². The summed E-state index contributed by atoms with van der Waals surface area (Å²) in [6.07, 6.45) is 3.35. The van der Waals surface area contributed by atoms with Gasteiger partial charge in [0.05, 0.1) is 13.7 Å². The smallest absolute Gasteiger partial charge is 0.329 e. The van der Waals surface area contributed by atoms with Gasteiger partial charge >= 0.3 is 6.03 Å². The molecular weight excluding hydrogens is 605 g/mol. The van der Waals surface area contributed by atoms with Gasteiger partial charge in [-0.25, -0.2) is 4.79 Å². The van der Waals surface area contributed by atoms with E-state index in [1.165, 1.54) is 4.90 Å². The van der Waals surface area contributed by atoms with Crippen molar-refractivity contribution in [1.82, 2.24) is 10.2 Å². The van der Waals surface area contributed by atoms with Crippen molar-refractivity contribution in [2.45, 2.75) is 6.54 Å². The molecule has 8 heteroatoms. The van der Waals surface area contributed by atoms with Crippen molar-refractivity contribution in [1.29, 1.82) is 0 Å². The summed E-state index contributed by atoms with van der Waals surface area (Å²) < 4.78 is 7.48. The summed E-state index contributed by atoms with van der Waals surface area (Å²) in [5.41, 5.74) is 1.86. The van der Waals surface area contributed by atoms with Gasteiger partial charge in [0.15, 0.2) is 0 Å². The predicted molar refractivity (Wildman–Crippen MR) is 126 cm³/mol. The van der Waals surface area contributed by atoms with E-state index < -0.39 is 6.03 Å². The van der Waals surface area contributed by atoms with Crippen LogP contribution >= 0.6 is 56.8 Å². The normalized spacial score (nSPS) is 15.1. The first-order chi connectivity index (χ1) is 13.4. The zero-order valence-corrected chi connectivity index (χ0v) is 19.6. The highest BCUT2D eigenvalue weighted by Crippen LogP contribution is 2.30. The number of urea groups is 1. The number of rotatable bonds is 6. The van der Waals surface area contributed by atoms with Crippen LogP contribution in [0.25, 0.3) is 6.08 Å². The topological polar surface area (TPSA) is 58.6 Å². The van der Waals surface area contributed by atoms with E-state index in [0.29, 0.717) is 11.6 Å². The average Bonchev–Trinajstić information content (AvgIpc) is 2.90. The number of nitrogens with zero attached hydrogens (tertiary/aromatic N) is 1. The van der Waals surface area contributed by atoms with Crippen molar-refractivity contribution < 1.29 is 14.3 Å². The molecule has 3 amide bonds. The molecule has 0 aromatic heterocycles. The standard InChI is InChI=1S/C20H15ClI2N2O3/c1-2-7-28-18-15(22)8-13(9-16(18)23)10-17-19(26)25(20(27)24-17)11-12-3-5-14(21)6-4-12/h2-6,8-10H,1,7,11H2,(H,24,27)/b17-10-. The summed E-state index contributed by atoms with van der Waals surface area (Å²) in [4.78, 5) is 26.1. The first-order valence-corrected chi connectivity index (χ1v) is 10.7. The van der Waals surface area contributed by atoms with Crippen LogP contribution in [0.2, 0.25) is 5.02 Å². The molecule has 0 bridgehead atoms. The Morgan fingerprint density at radius 3 is 2.39 bits per heavy atom. The maximum absolute atomic E-state index is 12.7. The third-order valence-corrected chi connectivity index (χ3v) is 5.75. The number of carbonyl (C=O) groups excluding carboxylic acids is 2. The van der Waals surface area contributed by atoms with E-state index in [2.05, 4.69) is 57.1 Å². The predicted octanol–water partition coefficient (Wildman–Crippen LogP) is 5.21. The van der Waals surface area contributed by atoms with Crippen LogP contribution in [0.3, 0.4) is 0 Å². The molecule has 28 heavy (non-hydrogen) atoms. The van der Waals surface area contributed by atoms with Crippen LogP contribution in [0.15, 0.2) is 54.8 Å². The molecule has 144 valence electrons. The lowest BCUT2D eigenvalue weighted by molar-refractivity contribution is -0.123. The Balaban J connectivity index is 1.81. The number of benzene rings is 2. The Kier molecular flexibility index (Phi) is 7.00. The summed E-state index contributed by atoms with van der Waals surface area (Å²) >= 11 is 10.2. The molecule has 1 aliphatic heterocycles. The number of imide groups is 1. The quantitative estimate of drug-likeness (QED) is 0.209. The van der Waals surface area contributed by atoms with E-state index in [1.54, 1.807) is 36.4 Å². The number of ether oxygens (including phenoxy) is 1. The van der Waals surface area contributed by atoms with Crippen molar-refractivity contribution in [2.24, 2.45) is 0 Å². The first-order valence-electron chi connectivity index (χ1n) is 8.20. The molecule has 0 radical (unpaired) electrons. The zero-order chi connectivity index (χ0) is 20.3. The van der Waals surface area contributed by atoms with Gasteiger partial charge in [-0.3, -0.25) is 9.69 Å². The molecule has 3 rings (SSSR count). The Hall–Kier alpha value is -1.59. The second kappa shape index (κ2) is 9.27. The lowest BCUT2D eigenvalue weighted by Crippen LogP contribution is -2.30. The van der Waals surface area contributed by atoms with Crippen molar-refractivity contribution in [3.8, 4) is 5.75 Å². The minimum Gasteiger partial charge on any atom is -0.487 e. The Morgan fingerprint density at radius 2 is 1.79 bits per heavy atom. The summed E-state index contributed by atoms with van der Waals surface area (Å²) in [7, 11) is 0. The number of nitrogens with one attached hydrogen (secondary N) is 1. The summed E-state index contributed by atoms with van der Waals surface area (Å²) in [6, 6.07) is 10.4. The van der Waals surface area contributed by atoms with Crippen molar-refractivity contribution >= 4 is 74.8 Å². The Bertz CT molecular complexity index is 951. The third kappa shape index (κ3) is 4.87. The number of hydrogen-bond acceptors (Lipinski definition) is 3. The largest absolute Gasteiger partial charge is 0.487 e. The van der Waals surface area contributed by atoms with E-state index >= 15 is 0 Å². The van der Waals surface area contributed by atoms with E-state index in [9.17, 15) is 9.59 Å². The Labute approximate surface area is 195 Å². The monoisotopic (exact) mass is 620 g/mol. The molecular formula is C20H15ClI2N2O3. The van der Waals surface area contributed by atoms with Crippen LogP contribution in [-0.2, 0) is 11.3 Å². The van der Waals surface area contributed by atoms with E-state index in [0.717, 1.165) is 24.0 Å². The molecule has 0 spiro atoms. The van der Waals surface area contributed by atoms with Crippen LogP contribution in [0.1, 0.15) is 11.1 Å². The second-order valence-corrected chi connectivity index (χ2v) is 8.68. The minimum atomic E-state index is -0.443. The van der Waals surface area contributed by atoms with Crippen molar-refractivity contribution in [3.05, 3.63) is 78.0 Å². The molecule has 2 aromatic carbocycles. The van der Waals surface area contributed by atoms with Gasteiger partial charge in [-0.2, -0.15) is 0 Å². The van der Waals surface area contributed by atoms with Gasteiger partial charge < -0.3 is 10.1 Å². The molecule has 2 aromatic rings.